The Kier molecular flexibility index (Phi) is 10.7. The Hall–Kier alpha value is -2.07. The topological polar surface area (TPSA) is 55.4 Å². The third-order valence-corrected chi connectivity index (χ3v) is 8.53. The fraction of sp³-hybridized carbons (Fsp3) is 0.407. The molecule has 1 atom stereocenters. The molecule has 1 aliphatic heterocycles. The van der Waals surface area contributed by atoms with Crippen molar-refractivity contribution in [3.63, 3.8) is 0 Å². The Labute approximate surface area is 215 Å². The van der Waals surface area contributed by atoms with Crippen molar-refractivity contribution < 1.29 is 14.3 Å². The number of nitrogens with one attached hydrogen (secondary N) is 1. The number of unbranched alkanes of at least 4 members (excludes halogenated alkanes) is 7. The normalized spacial score (nSPS) is 17.2. The summed E-state index contributed by atoms with van der Waals surface area (Å²) in [6.07, 6.45) is 9.37. The van der Waals surface area contributed by atoms with Gasteiger partial charge in [0, 0.05) is 21.9 Å². The van der Waals surface area contributed by atoms with Crippen molar-refractivity contribution in [2.24, 2.45) is 0 Å². The summed E-state index contributed by atoms with van der Waals surface area (Å²) < 4.78 is 4.42. The molecule has 2 amide bonds. The lowest BCUT2D eigenvalue weighted by Crippen LogP contribution is -2.33. The summed E-state index contributed by atoms with van der Waals surface area (Å²) in [6, 6.07) is 15.2. The van der Waals surface area contributed by atoms with Gasteiger partial charge >= 0.3 is 0 Å². The van der Waals surface area contributed by atoms with E-state index >= 15 is 0 Å². The van der Waals surface area contributed by atoms with E-state index in [9.17, 15) is 9.59 Å². The van der Waals surface area contributed by atoms with Gasteiger partial charge in [-0.3, -0.25) is 14.9 Å². The second kappa shape index (κ2) is 13.7. The highest BCUT2D eigenvalue weighted by Gasteiger charge is 2.48. The highest BCUT2D eigenvalue weighted by atomic mass is 35.5. The van der Waals surface area contributed by atoms with Crippen LogP contribution in [0.25, 0.3) is 0 Å². The van der Waals surface area contributed by atoms with Gasteiger partial charge in [-0.1, -0.05) is 73.7 Å². The van der Waals surface area contributed by atoms with E-state index in [2.05, 4.69) is 17.2 Å². The number of carbonyl (C=O) groups is 2. The summed E-state index contributed by atoms with van der Waals surface area (Å²) in [4.78, 5) is 25.5. The van der Waals surface area contributed by atoms with E-state index in [1.165, 1.54) is 31.0 Å². The van der Waals surface area contributed by atoms with Crippen LogP contribution in [0.3, 0.4) is 0 Å². The highest BCUT2D eigenvalue weighted by molar-refractivity contribution is 8.27. The van der Waals surface area contributed by atoms with Crippen LogP contribution in [0.2, 0.25) is 5.02 Å². The summed E-state index contributed by atoms with van der Waals surface area (Å²) in [7, 11) is 1.62. The zero-order chi connectivity index (χ0) is 24.2. The minimum atomic E-state index is -0.783. The van der Waals surface area contributed by atoms with Gasteiger partial charge in [-0.15, -0.1) is 0 Å². The first-order valence-corrected chi connectivity index (χ1v) is 13.6. The SMILES string of the molecule is COc1ccc(SC2(CCCCCCCCCC#Cc3ccc(Cl)cc3)SC(=O)NC2=O)cc1. The van der Waals surface area contributed by atoms with Crippen molar-refractivity contribution in [1.29, 1.82) is 0 Å². The van der Waals surface area contributed by atoms with Gasteiger partial charge < -0.3 is 4.74 Å². The monoisotopic (exact) mass is 515 g/mol. The number of amides is 2. The maximum Gasteiger partial charge on any atom is 0.287 e. The molecule has 1 aliphatic rings. The zero-order valence-corrected chi connectivity index (χ0v) is 21.8. The van der Waals surface area contributed by atoms with Gasteiger partial charge in [0.1, 0.15) is 5.75 Å². The van der Waals surface area contributed by atoms with E-state index in [1.54, 1.807) is 7.11 Å². The molecule has 34 heavy (non-hydrogen) atoms. The predicted molar refractivity (Wildman–Crippen MR) is 143 cm³/mol. The maximum atomic E-state index is 12.6. The van der Waals surface area contributed by atoms with E-state index in [1.807, 2.05) is 48.5 Å². The van der Waals surface area contributed by atoms with Crippen LogP contribution in [-0.4, -0.2) is 22.3 Å². The van der Waals surface area contributed by atoms with Gasteiger partial charge in [0.05, 0.1) is 7.11 Å². The first-order chi connectivity index (χ1) is 16.5. The minimum Gasteiger partial charge on any atom is -0.497 e. The fourth-order valence-corrected chi connectivity index (χ4v) is 6.36. The molecule has 0 bridgehead atoms. The molecule has 1 heterocycles. The summed E-state index contributed by atoms with van der Waals surface area (Å²) >= 11 is 8.46. The van der Waals surface area contributed by atoms with Crippen molar-refractivity contribution in [2.75, 3.05) is 7.11 Å². The number of ether oxygens (including phenoxy) is 1. The van der Waals surface area contributed by atoms with Crippen LogP contribution in [0, 0.1) is 11.8 Å². The van der Waals surface area contributed by atoms with E-state index in [4.69, 9.17) is 16.3 Å². The number of hydrogen-bond donors (Lipinski definition) is 1. The van der Waals surface area contributed by atoms with Crippen molar-refractivity contribution in [3.8, 4) is 17.6 Å². The van der Waals surface area contributed by atoms with Crippen LogP contribution < -0.4 is 10.1 Å². The molecular formula is C27H30ClNO3S2. The molecule has 2 aromatic carbocycles. The van der Waals surface area contributed by atoms with Crippen LogP contribution in [0.4, 0.5) is 4.79 Å². The Morgan fingerprint density at radius 1 is 0.941 bits per heavy atom. The van der Waals surface area contributed by atoms with Crippen molar-refractivity contribution in [3.05, 3.63) is 59.1 Å². The number of carbonyl (C=O) groups excluding carboxylic acids is 2. The summed E-state index contributed by atoms with van der Waals surface area (Å²) in [5, 5.41) is 2.94. The molecule has 0 saturated carbocycles. The van der Waals surface area contributed by atoms with Crippen LogP contribution in [0.1, 0.15) is 63.4 Å². The molecule has 7 heteroatoms. The molecule has 1 N–H and O–H groups in total. The number of hydrogen-bond acceptors (Lipinski definition) is 5. The standard InChI is InChI=1S/C27H30ClNO3S2/c1-32-23-16-18-24(19-17-23)33-27(25(30)29-26(31)34-27)20-10-8-6-4-2-3-5-7-9-11-21-12-14-22(28)15-13-21/h12-19H,2-8,10,20H2,1H3,(H,29,30,31). The van der Waals surface area contributed by atoms with Crippen LogP contribution in [0.15, 0.2) is 53.4 Å². The van der Waals surface area contributed by atoms with Gasteiger partial charge in [0.25, 0.3) is 11.1 Å². The smallest absolute Gasteiger partial charge is 0.287 e. The molecule has 0 aliphatic carbocycles. The summed E-state index contributed by atoms with van der Waals surface area (Å²) in [6.45, 7) is 0. The number of rotatable bonds is 12. The second-order valence-corrected chi connectivity index (χ2v) is 11.5. The highest BCUT2D eigenvalue weighted by Crippen LogP contribution is 2.49. The molecule has 4 nitrogen and oxygen atoms in total. The lowest BCUT2D eigenvalue weighted by atomic mass is 10.1. The molecule has 3 rings (SSSR count). The molecule has 0 spiro atoms. The maximum absolute atomic E-state index is 12.6. The second-order valence-electron chi connectivity index (χ2n) is 8.16. The summed E-state index contributed by atoms with van der Waals surface area (Å²) in [5.74, 6) is 6.99. The third kappa shape index (κ3) is 8.30. The zero-order valence-electron chi connectivity index (χ0n) is 19.4. The number of methoxy groups -OCH3 is 1. The first-order valence-electron chi connectivity index (χ1n) is 11.6. The molecule has 0 aromatic heterocycles. The Morgan fingerprint density at radius 3 is 2.21 bits per heavy atom. The van der Waals surface area contributed by atoms with Crippen LogP contribution in [-0.2, 0) is 4.79 Å². The first kappa shape index (κ1) is 26.5. The minimum absolute atomic E-state index is 0.192. The molecule has 2 aromatic rings. The number of thioether (sulfide) groups is 2. The fourth-order valence-electron chi connectivity index (χ4n) is 3.68. The van der Waals surface area contributed by atoms with Gasteiger partial charge in [0.15, 0.2) is 4.08 Å². The quantitative estimate of drug-likeness (QED) is 0.232. The molecule has 0 radical (unpaired) electrons. The van der Waals surface area contributed by atoms with Crippen molar-refractivity contribution >= 4 is 46.3 Å². The average Bonchev–Trinajstić information content (AvgIpc) is 3.11. The van der Waals surface area contributed by atoms with E-state index in [-0.39, 0.29) is 11.1 Å². The van der Waals surface area contributed by atoms with Gasteiger partial charge in [-0.05, 0) is 73.1 Å². The third-order valence-electron chi connectivity index (χ3n) is 5.55. The number of imide groups is 1. The summed E-state index contributed by atoms with van der Waals surface area (Å²) in [5.41, 5.74) is 1.00. The number of benzene rings is 2. The van der Waals surface area contributed by atoms with E-state index in [0.717, 1.165) is 65.1 Å². The lowest BCUT2D eigenvalue weighted by Gasteiger charge is -2.23. The van der Waals surface area contributed by atoms with Gasteiger partial charge in [-0.2, -0.15) is 0 Å². The molecule has 1 fully saturated rings. The van der Waals surface area contributed by atoms with Crippen LogP contribution in [0.5, 0.6) is 5.75 Å². The van der Waals surface area contributed by atoms with Crippen molar-refractivity contribution in [1.82, 2.24) is 5.32 Å². The predicted octanol–water partition coefficient (Wildman–Crippen LogP) is 7.68. The largest absolute Gasteiger partial charge is 0.497 e. The Bertz CT molecular complexity index is 1010. The average molecular weight is 516 g/mol. The number of halogens is 1. The van der Waals surface area contributed by atoms with Crippen molar-refractivity contribution in [2.45, 2.75) is 66.8 Å². The van der Waals surface area contributed by atoms with E-state index in [0.29, 0.717) is 6.42 Å². The molecular weight excluding hydrogens is 486 g/mol. The lowest BCUT2D eigenvalue weighted by molar-refractivity contribution is -0.119. The Morgan fingerprint density at radius 2 is 1.59 bits per heavy atom. The Balaban J connectivity index is 1.33. The van der Waals surface area contributed by atoms with Crippen LogP contribution >= 0.6 is 35.1 Å². The molecule has 1 unspecified atom stereocenters. The van der Waals surface area contributed by atoms with E-state index < -0.39 is 4.08 Å². The van der Waals surface area contributed by atoms with Gasteiger partial charge in [0.2, 0.25) is 0 Å². The van der Waals surface area contributed by atoms with Gasteiger partial charge in [-0.25, -0.2) is 0 Å². The molecule has 1 saturated heterocycles. The molecule has 180 valence electrons.